The second kappa shape index (κ2) is 11.2. The van der Waals surface area contributed by atoms with E-state index in [-0.39, 0.29) is 5.56 Å². The Morgan fingerprint density at radius 2 is 1.50 bits per heavy atom. The summed E-state index contributed by atoms with van der Waals surface area (Å²) in [5.41, 5.74) is 5.49. The third-order valence-corrected chi connectivity index (χ3v) is 5.69. The molecule has 0 atom stereocenters. The fourth-order valence-corrected chi connectivity index (χ4v) is 3.81. The van der Waals surface area contributed by atoms with Gasteiger partial charge in [0.25, 0.3) is 0 Å². The molecule has 168 valence electrons. The Hall–Kier alpha value is -3.47. The molecule has 0 aromatic heterocycles. The van der Waals surface area contributed by atoms with Crippen molar-refractivity contribution < 1.29 is 14.6 Å². The highest BCUT2D eigenvalue weighted by Crippen LogP contribution is 2.26. The molecule has 0 aliphatic rings. The van der Waals surface area contributed by atoms with Crippen molar-refractivity contribution in [3.63, 3.8) is 0 Å². The molecule has 3 aromatic carbocycles. The maximum atomic E-state index is 11.6. The molecule has 0 saturated heterocycles. The van der Waals surface area contributed by atoms with Gasteiger partial charge in [0, 0.05) is 24.5 Å². The summed E-state index contributed by atoms with van der Waals surface area (Å²) >= 11 is 0. The van der Waals surface area contributed by atoms with Gasteiger partial charge < -0.3 is 20.1 Å². The van der Waals surface area contributed by atoms with Crippen LogP contribution in [0.15, 0.2) is 66.7 Å². The molecule has 0 saturated carbocycles. The average molecular weight is 433 g/mol. The van der Waals surface area contributed by atoms with Crippen molar-refractivity contribution >= 4 is 23.0 Å². The van der Waals surface area contributed by atoms with E-state index < -0.39 is 5.97 Å². The highest BCUT2D eigenvalue weighted by atomic mass is 16.5. The normalized spacial score (nSPS) is 10.6. The van der Waals surface area contributed by atoms with Crippen LogP contribution in [0.4, 0.5) is 17.1 Å². The lowest BCUT2D eigenvalue weighted by molar-refractivity contribution is 0.0697. The molecule has 0 aliphatic heterocycles. The van der Waals surface area contributed by atoms with E-state index in [1.807, 2.05) is 12.1 Å². The third kappa shape index (κ3) is 6.03. The van der Waals surface area contributed by atoms with Gasteiger partial charge in [-0.2, -0.15) is 0 Å². The number of ether oxygens (including phenoxy) is 1. The first-order chi connectivity index (χ1) is 15.5. The second-order valence-electron chi connectivity index (χ2n) is 7.73. The topological polar surface area (TPSA) is 61.8 Å². The van der Waals surface area contributed by atoms with Gasteiger partial charge in [0.2, 0.25) is 0 Å². The van der Waals surface area contributed by atoms with Crippen molar-refractivity contribution in [1.82, 2.24) is 0 Å². The Bertz CT molecular complexity index is 1010. The lowest BCUT2D eigenvalue weighted by Crippen LogP contribution is -2.21. The van der Waals surface area contributed by atoms with Crippen LogP contribution in [0.25, 0.3) is 0 Å². The first-order valence-electron chi connectivity index (χ1n) is 11.1. The summed E-state index contributed by atoms with van der Waals surface area (Å²) in [5.74, 6) is -0.473. The van der Waals surface area contributed by atoms with Crippen LogP contribution in [0.3, 0.4) is 0 Å². The van der Waals surface area contributed by atoms with Crippen molar-refractivity contribution in [2.24, 2.45) is 0 Å². The van der Waals surface area contributed by atoms with Crippen molar-refractivity contribution in [3.8, 4) is 5.75 Å². The summed E-state index contributed by atoms with van der Waals surface area (Å²) in [7, 11) is 1.52. The number of carbonyl (C=O) groups is 1. The lowest BCUT2D eigenvalue weighted by Gasteiger charge is -2.21. The number of nitrogens with one attached hydrogen (secondary N) is 1. The zero-order chi connectivity index (χ0) is 22.9. The number of hydrogen-bond acceptors (Lipinski definition) is 4. The highest BCUT2D eigenvalue weighted by molar-refractivity contribution is 5.95. The summed E-state index contributed by atoms with van der Waals surface area (Å²) in [6.45, 7) is 6.41. The Labute approximate surface area is 190 Å². The molecule has 5 heteroatoms. The molecule has 5 nitrogen and oxygen atoms in total. The smallest absolute Gasteiger partial charge is 0.337 e. The van der Waals surface area contributed by atoms with Gasteiger partial charge >= 0.3 is 5.97 Å². The third-order valence-electron chi connectivity index (χ3n) is 5.69. The highest BCUT2D eigenvalue weighted by Gasteiger charge is 2.12. The Kier molecular flexibility index (Phi) is 8.14. The van der Waals surface area contributed by atoms with E-state index in [1.54, 1.807) is 12.1 Å². The number of aromatic carboxylic acids is 1. The molecule has 0 heterocycles. The van der Waals surface area contributed by atoms with Crippen LogP contribution in [0, 0.1) is 0 Å². The van der Waals surface area contributed by atoms with E-state index in [2.05, 4.69) is 60.5 Å². The number of aryl methyl sites for hydroxylation is 2. The summed E-state index contributed by atoms with van der Waals surface area (Å²) in [5, 5.41) is 12.7. The van der Waals surface area contributed by atoms with Crippen LogP contribution in [-0.4, -0.2) is 31.3 Å². The summed E-state index contributed by atoms with van der Waals surface area (Å²) in [4.78, 5) is 13.9. The fraction of sp³-hybridized carbons (Fsp3) is 0.296. The summed E-state index contributed by atoms with van der Waals surface area (Å²) < 4.78 is 5.13. The minimum atomic E-state index is -0.992. The van der Waals surface area contributed by atoms with E-state index in [9.17, 15) is 9.90 Å². The molecular formula is C27H32N2O3. The molecule has 0 fully saturated rings. The Morgan fingerprint density at radius 3 is 2.03 bits per heavy atom. The maximum absolute atomic E-state index is 11.6. The average Bonchev–Trinajstić information content (AvgIpc) is 2.82. The van der Waals surface area contributed by atoms with Gasteiger partial charge in [0.05, 0.1) is 18.4 Å². The monoisotopic (exact) mass is 432 g/mol. The molecule has 0 aliphatic carbocycles. The summed E-state index contributed by atoms with van der Waals surface area (Å²) in [6, 6.07) is 22.1. The van der Waals surface area contributed by atoms with Gasteiger partial charge in [0.1, 0.15) is 5.75 Å². The first kappa shape index (κ1) is 23.2. The molecule has 0 spiro atoms. The zero-order valence-electron chi connectivity index (χ0n) is 19.1. The van der Waals surface area contributed by atoms with Crippen molar-refractivity contribution in [1.29, 1.82) is 0 Å². The van der Waals surface area contributed by atoms with Crippen LogP contribution in [0.1, 0.15) is 41.8 Å². The number of nitrogens with zero attached hydrogens (tertiary/aromatic N) is 1. The predicted molar refractivity (Wildman–Crippen MR) is 132 cm³/mol. The maximum Gasteiger partial charge on any atom is 0.337 e. The number of carboxylic acids is 1. The minimum Gasteiger partial charge on any atom is -0.497 e. The Balaban J connectivity index is 1.55. The largest absolute Gasteiger partial charge is 0.497 e. The molecule has 0 radical (unpaired) electrons. The van der Waals surface area contributed by atoms with Crippen molar-refractivity contribution in [3.05, 3.63) is 83.4 Å². The van der Waals surface area contributed by atoms with Gasteiger partial charge in [0.15, 0.2) is 0 Å². The van der Waals surface area contributed by atoms with Crippen LogP contribution in [-0.2, 0) is 12.8 Å². The minimum absolute atomic E-state index is 0.181. The first-order valence-corrected chi connectivity index (χ1v) is 11.1. The predicted octanol–water partition coefficient (Wildman–Crippen LogP) is 6.16. The second-order valence-corrected chi connectivity index (χ2v) is 7.73. The zero-order valence-corrected chi connectivity index (χ0v) is 19.1. The Morgan fingerprint density at radius 1 is 0.906 bits per heavy atom. The van der Waals surface area contributed by atoms with E-state index >= 15 is 0 Å². The quantitative estimate of drug-likeness (QED) is 0.380. The number of methoxy groups -OCH3 is 1. The number of rotatable bonds is 11. The van der Waals surface area contributed by atoms with Crippen molar-refractivity contribution in [2.45, 2.75) is 33.1 Å². The van der Waals surface area contributed by atoms with Crippen LogP contribution >= 0.6 is 0 Å². The molecule has 32 heavy (non-hydrogen) atoms. The standard InChI is InChI=1S/C27H32N2O3/c1-4-29(5-2)23-15-11-21(12-16-23)8-6-7-20-9-13-22(14-10-20)28-26-18-17-24(32-3)19-25(26)27(30)31/h9-19,28H,4-8H2,1-3H3,(H,30,31). The van der Waals surface area contributed by atoms with Crippen molar-refractivity contribution in [2.75, 3.05) is 30.4 Å². The lowest BCUT2D eigenvalue weighted by atomic mass is 10.0. The van der Waals surface area contributed by atoms with Crippen LogP contribution < -0.4 is 15.0 Å². The van der Waals surface area contributed by atoms with Crippen LogP contribution in [0.5, 0.6) is 5.75 Å². The molecule has 2 N–H and O–H groups in total. The molecule has 0 unspecified atom stereocenters. The van der Waals surface area contributed by atoms with E-state index in [4.69, 9.17) is 4.74 Å². The van der Waals surface area contributed by atoms with Gasteiger partial charge in [-0.1, -0.05) is 24.3 Å². The summed E-state index contributed by atoms with van der Waals surface area (Å²) in [6.07, 6.45) is 3.13. The van der Waals surface area contributed by atoms with Gasteiger partial charge in [-0.15, -0.1) is 0 Å². The number of anilines is 3. The van der Waals surface area contributed by atoms with Crippen LogP contribution in [0.2, 0.25) is 0 Å². The number of carboxylic acid groups (broad SMARTS) is 1. The van der Waals surface area contributed by atoms with E-state index in [1.165, 1.54) is 30.0 Å². The van der Waals surface area contributed by atoms with Gasteiger partial charge in [-0.05, 0) is 86.7 Å². The van der Waals surface area contributed by atoms with Gasteiger partial charge in [-0.3, -0.25) is 0 Å². The molecular weight excluding hydrogens is 400 g/mol. The number of benzene rings is 3. The molecule has 0 bridgehead atoms. The van der Waals surface area contributed by atoms with E-state index in [0.29, 0.717) is 11.4 Å². The number of hydrogen-bond donors (Lipinski definition) is 2. The molecule has 0 amide bonds. The van der Waals surface area contributed by atoms with Gasteiger partial charge in [-0.25, -0.2) is 4.79 Å². The van der Waals surface area contributed by atoms with E-state index in [0.717, 1.165) is 38.0 Å². The fourth-order valence-electron chi connectivity index (χ4n) is 3.81. The SMILES string of the molecule is CCN(CC)c1ccc(CCCc2ccc(Nc3ccc(OC)cc3C(=O)O)cc2)cc1. The molecule has 3 rings (SSSR count). The molecule has 3 aromatic rings.